The number of carbonyl (C=O) groups excluding carboxylic acids is 3. The third-order valence-electron chi connectivity index (χ3n) is 8.27. The molecule has 0 spiro atoms. The summed E-state index contributed by atoms with van der Waals surface area (Å²) in [4.78, 5) is 42.7. The van der Waals surface area contributed by atoms with Gasteiger partial charge in [-0.05, 0) is 78.0 Å². The lowest BCUT2D eigenvalue weighted by Crippen LogP contribution is -2.61. The zero-order chi connectivity index (χ0) is 30.9. The van der Waals surface area contributed by atoms with Crippen molar-refractivity contribution in [1.82, 2.24) is 4.90 Å². The van der Waals surface area contributed by atoms with E-state index in [-0.39, 0.29) is 30.3 Å². The highest BCUT2D eigenvalue weighted by Crippen LogP contribution is 2.42. The molecule has 5 aromatic rings. The maximum absolute atomic E-state index is 13.3. The molecule has 8 nitrogen and oxygen atoms in total. The Bertz CT molecular complexity index is 1840. The van der Waals surface area contributed by atoms with Crippen molar-refractivity contribution in [2.45, 2.75) is 18.6 Å². The van der Waals surface area contributed by atoms with E-state index in [0.29, 0.717) is 41.4 Å². The topological polar surface area (TPSA) is 85.4 Å². The monoisotopic (exact) mass is 598 g/mol. The van der Waals surface area contributed by atoms with Crippen LogP contribution in [0, 0.1) is 0 Å². The molecule has 2 aliphatic rings. The number of rotatable bonds is 10. The number of benzene rings is 5. The predicted molar refractivity (Wildman–Crippen MR) is 170 cm³/mol. The van der Waals surface area contributed by atoms with Crippen molar-refractivity contribution >= 4 is 34.2 Å². The third kappa shape index (κ3) is 5.14. The lowest BCUT2D eigenvalue weighted by Gasteiger charge is -2.46. The van der Waals surface area contributed by atoms with E-state index in [1.165, 1.54) is 4.90 Å². The van der Waals surface area contributed by atoms with Gasteiger partial charge in [0.1, 0.15) is 23.3 Å². The third-order valence-corrected chi connectivity index (χ3v) is 8.27. The number of methoxy groups -OCH3 is 1. The second-order valence-electron chi connectivity index (χ2n) is 10.9. The van der Waals surface area contributed by atoms with Crippen molar-refractivity contribution in [3.05, 3.63) is 132 Å². The van der Waals surface area contributed by atoms with Crippen molar-refractivity contribution in [2.24, 2.45) is 0 Å². The lowest BCUT2D eigenvalue weighted by atomic mass is 9.89. The van der Waals surface area contributed by atoms with Crippen molar-refractivity contribution in [3.63, 3.8) is 0 Å². The highest BCUT2D eigenvalue weighted by atomic mass is 16.5. The number of nitrogens with zero attached hydrogens (tertiary/aromatic N) is 2. The molecule has 45 heavy (non-hydrogen) atoms. The van der Waals surface area contributed by atoms with E-state index < -0.39 is 6.10 Å². The van der Waals surface area contributed by atoms with Crippen molar-refractivity contribution in [2.75, 3.05) is 25.2 Å². The van der Waals surface area contributed by atoms with Gasteiger partial charge in [-0.1, -0.05) is 54.6 Å². The minimum Gasteiger partial charge on any atom is -0.497 e. The molecule has 2 heterocycles. The van der Waals surface area contributed by atoms with Gasteiger partial charge in [-0.2, -0.15) is 0 Å². The number of ether oxygens (including phenoxy) is 3. The van der Waals surface area contributed by atoms with E-state index >= 15 is 0 Å². The molecule has 8 heteroatoms. The van der Waals surface area contributed by atoms with Gasteiger partial charge in [-0.25, -0.2) is 0 Å². The number of carbonyl (C=O) groups is 3. The summed E-state index contributed by atoms with van der Waals surface area (Å²) in [6.45, 7) is 0.571. The Kier molecular flexibility index (Phi) is 7.39. The van der Waals surface area contributed by atoms with Crippen molar-refractivity contribution < 1.29 is 28.6 Å². The molecule has 7 rings (SSSR count). The van der Waals surface area contributed by atoms with Crippen LogP contribution in [0.4, 0.5) is 5.69 Å². The largest absolute Gasteiger partial charge is 0.497 e. The Morgan fingerprint density at radius 2 is 1.31 bits per heavy atom. The number of hydrogen-bond acceptors (Lipinski definition) is 6. The number of β-lactam (4-membered cyclic amide) rings is 1. The summed E-state index contributed by atoms with van der Waals surface area (Å²) in [5.41, 5.74) is 2.74. The molecular formula is C37H30N2O6. The summed E-state index contributed by atoms with van der Waals surface area (Å²) in [5, 5.41) is 1.60. The van der Waals surface area contributed by atoms with E-state index in [2.05, 4.69) is 0 Å². The van der Waals surface area contributed by atoms with Gasteiger partial charge < -0.3 is 14.2 Å². The van der Waals surface area contributed by atoms with Gasteiger partial charge in [0.05, 0.1) is 13.7 Å². The summed E-state index contributed by atoms with van der Waals surface area (Å²) >= 11 is 0. The highest BCUT2D eigenvalue weighted by molar-refractivity contribution is 6.25. The van der Waals surface area contributed by atoms with Crippen LogP contribution < -0.4 is 19.1 Å². The molecule has 0 aromatic heterocycles. The molecule has 0 saturated carbocycles. The second-order valence-corrected chi connectivity index (χ2v) is 10.9. The Balaban J connectivity index is 1.02. The van der Waals surface area contributed by atoms with Crippen molar-refractivity contribution in [1.29, 1.82) is 0 Å². The van der Waals surface area contributed by atoms with Crippen molar-refractivity contribution in [3.8, 4) is 17.2 Å². The molecule has 0 bridgehead atoms. The zero-order valence-electron chi connectivity index (χ0n) is 24.6. The zero-order valence-corrected chi connectivity index (χ0v) is 24.6. The van der Waals surface area contributed by atoms with Crippen LogP contribution in [0.25, 0.3) is 10.8 Å². The van der Waals surface area contributed by atoms with E-state index in [0.717, 1.165) is 22.0 Å². The van der Waals surface area contributed by atoms with E-state index in [1.54, 1.807) is 24.1 Å². The Hall–Kier alpha value is -5.63. The van der Waals surface area contributed by atoms with E-state index in [1.807, 2.05) is 103 Å². The summed E-state index contributed by atoms with van der Waals surface area (Å²) in [6.07, 6.45) is -0.205. The minimum atomic E-state index is -0.683. The van der Waals surface area contributed by atoms with Gasteiger partial charge in [0.25, 0.3) is 17.7 Å². The normalized spacial score (nSPS) is 17.3. The van der Waals surface area contributed by atoms with Crippen LogP contribution in [0.1, 0.15) is 38.7 Å². The number of anilines is 1. The summed E-state index contributed by atoms with van der Waals surface area (Å²) in [5.74, 6) is 1.29. The molecule has 2 aliphatic heterocycles. The maximum Gasteiger partial charge on any atom is 0.271 e. The fourth-order valence-corrected chi connectivity index (χ4v) is 6.03. The van der Waals surface area contributed by atoms with Gasteiger partial charge in [0, 0.05) is 28.7 Å². The fraction of sp³-hybridized carbons (Fsp3) is 0.162. The molecule has 0 aliphatic carbocycles. The van der Waals surface area contributed by atoms with Crippen LogP contribution in [0.3, 0.4) is 0 Å². The van der Waals surface area contributed by atoms with Gasteiger partial charge >= 0.3 is 0 Å². The lowest BCUT2D eigenvalue weighted by molar-refractivity contribution is -0.135. The van der Waals surface area contributed by atoms with Crippen LogP contribution >= 0.6 is 0 Å². The Labute approximate surface area is 260 Å². The number of amides is 3. The van der Waals surface area contributed by atoms with Crippen LogP contribution in [-0.4, -0.2) is 49.0 Å². The molecule has 5 aromatic carbocycles. The maximum atomic E-state index is 13.3. The Morgan fingerprint density at radius 3 is 1.96 bits per heavy atom. The molecular weight excluding hydrogens is 568 g/mol. The quantitative estimate of drug-likeness (QED) is 0.104. The predicted octanol–water partition coefficient (Wildman–Crippen LogP) is 6.45. The first-order valence-electron chi connectivity index (χ1n) is 14.8. The molecule has 2 unspecified atom stereocenters. The molecule has 3 amide bonds. The van der Waals surface area contributed by atoms with Crippen LogP contribution in [0.2, 0.25) is 0 Å². The summed E-state index contributed by atoms with van der Waals surface area (Å²) < 4.78 is 17.4. The first-order valence-corrected chi connectivity index (χ1v) is 14.8. The molecule has 1 saturated heterocycles. The average Bonchev–Trinajstić information content (AvgIpc) is 3.09. The highest BCUT2D eigenvalue weighted by Gasteiger charge is 2.51. The first kappa shape index (κ1) is 28.2. The number of para-hydroxylation sites is 1. The van der Waals surface area contributed by atoms with Gasteiger partial charge in [0.15, 0.2) is 0 Å². The smallest absolute Gasteiger partial charge is 0.271 e. The minimum absolute atomic E-state index is 0.130. The second kappa shape index (κ2) is 11.8. The molecule has 224 valence electrons. The fourth-order valence-electron chi connectivity index (χ4n) is 6.03. The van der Waals surface area contributed by atoms with Gasteiger partial charge in [-0.15, -0.1) is 0 Å². The average molecular weight is 599 g/mol. The SMILES string of the molecule is COc1ccc(N2C(=O)C(Oc3ccccc3)C2c2ccc(OCCCN3C(=O)c4cccc5cccc(c45)C3=O)cc2)cc1. The summed E-state index contributed by atoms with van der Waals surface area (Å²) in [7, 11) is 1.60. The summed E-state index contributed by atoms with van der Waals surface area (Å²) in [6, 6.07) is 35.0. The van der Waals surface area contributed by atoms with Crippen LogP contribution in [0.15, 0.2) is 115 Å². The number of hydrogen-bond donors (Lipinski definition) is 0. The molecule has 0 radical (unpaired) electrons. The van der Waals surface area contributed by atoms with E-state index in [4.69, 9.17) is 14.2 Å². The molecule has 1 fully saturated rings. The first-order chi connectivity index (χ1) is 22.0. The van der Waals surface area contributed by atoms with Gasteiger partial charge in [-0.3, -0.25) is 24.2 Å². The standard InChI is InChI=1S/C37H30N2O6/c1-43-27-20-16-26(17-21-27)39-33(34(37(39)42)45-29-10-3-2-4-11-29)25-14-18-28(19-15-25)44-23-7-22-38-35(40)30-12-5-8-24-9-6-13-31(32(24)30)36(38)41/h2-6,8-21,33-34H,7,22-23H2,1H3. The Morgan fingerprint density at radius 1 is 0.667 bits per heavy atom. The molecule has 2 atom stereocenters. The van der Waals surface area contributed by atoms with E-state index in [9.17, 15) is 14.4 Å². The molecule has 0 N–H and O–H groups in total. The van der Waals surface area contributed by atoms with Crippen LogP contribution in [0.5, 0.6) is 17.2 Å². The number of imide groups is 1. The van der Waals surface area contributed by atoms with Gasteiger partial charge in [0.2, 0.25) is 6.10 Å². The van der Waals surface area contributed by atoms with Crippen LogP contribution in [-0.2, 0) is 4.79 Å².